The number of nitriles is 1. The number of anilines is 1. The van der Waals surface area contributed by atoms with Crippen molar-refractivity contribution in [2.75, 3.05) is 5.32 Å². The highest BCUT2D eigenvalue weighted by molar-refractivity contribution is 8.00. The summed E-state index contributed by atoms with van der Waals surface area (Å²) in [6.45, 7) is 10.9. The first-order valence-electron chi connectivity index (χ1n) is 11.5. The third-order valence-electron chi connectivity index (χ3n) is 6.39. The van der Waals surface area contributed by atoms with E-state index in [9.17, 15) is 10.1 Å². The fourth-order valence-corrected chi connectivity index (χ4v) is 6.25. The zero-order valence-electron chi connectivity index (χ0n) is 19.9. The van der Waals surface area contributed by atoms with E-state index < -0.39 is 0 Å². The molecule has 2 heterocycles. The fraction of sp³-hybridized carbons (Fsp3) is 0.462. The van der Waals surface area contributed by atoms with Crippen LogP contribution < -0.4 is 5.32 Å². The van der Waals surface area contributed by atoms with Crippen LogP contribution in [-0.2, 0) is 17.6 Å². The molecule has 2 aromatic heterocycles. The van der Waals surface area contributed by atoms with E-state index in [1.54, 1.807) is 0 Å². The number of thioether (sulfide) groups is 1. The summed E-state index contributed by atoms with van der Waals surface area (Å²) >= 11 is 2.87. The first kappa shape index (κ1) is 23.7. The minimum Gasteiger partial charge on any atom is -0.301 e. The van der Waals surface area contributed by atoms with Crippen LogP contribution in [0.5, 0.6) is 0 Å². The van der Waals surface area contributed by atoms with Gasteiger partial charge >= 0.3 is 0 Å². The summed E-state index contributed by atoms with van der Waals surface area (Å²) in [5, 5.41) is 13.7. The number of thiazole rings is 1. The van der Waals surface area contributed by atoms with Gasteiger partial charge in [0.15, 0.2) is 5.13 Å². The van der Waals surface area contributed by atoms with Crippen LogP contribution >= 0.6 is 23.1 Å². The molecule has 0 aliphatic heterocycles. The Hall–Kier alpha value is -2.43. The van der Waals surface area contributed by atoms with Crippen molar-refractivity contribution in [3.05, 3.63) is 46.6 Å². The molecule has 33 heavy (non-hydrogen) atoms. The predicted molar refractivity (Wildman–Crippen MR) is 137 cm³/mol. The van der Waals surface area contributed by atoms with E-state index in [1.165, 1.54) is 34.2 Å². The van der Waals surface area contributed by atoms with E-state index in [0.717, 1.165) is 35.2 Å². The number of nitrogens with zero attached hydrogens (tertiary/aromatic N) is 3. The molecule has 1 aliphatic rings. The van der Waals surface area contributed by atoms with Crippen molar-refractivity contribution in [2.24, 2.45) is 11.3 Å². The molecule has 1 aliphatic carbocycles. The summed E-state index contributed by atoms with van der Waals surface area (Å²) in [7, 11) is 0. The zero-order valence-corrected chi connectivity index (χ0v) is 21.5. The summed E-state index contributed by atoms with van der Waals surface area (Å²) in [6, 6.07) is 10.4. The van der Waals surface area contributed by atoms with Crippen LogP contribution in [0.2, 0.25) is 0 Å². The summed E-state index contributed by atoms with van der Waals surface area (Å²) in [4.78, 5) is 22.5. The Morgan fingerprint density at radius 1 is 1.33 bits per heavy atom. The van der Waals surface area contributed by atoms with Crippen molar-refractivity contribution >= 4 is 44.4 Å². The molecule has 5 nitrogen and oxygen atoms in total. The number of aromatic nitrogens is 2. The van der Waals surface area contributed by atoms with Gasteiger partial charge in [-0.1, -0.05) is 56.9 Å². The van der Waals surface area contributed by atoms with E-state index in [-0.39, 0.29) is 16.6 Å². The van der Waals surface area contributed by atoms with Crippen molar-refractivity contribution in [3.63, 3.8) is 0 Å². The molecule has 3 aromatic rings. The van der Waals surface area contributed by atoms with E-state index in [1.807, 2.05) is 32.0 Å². The van der Waals surface area contributed by atoms with Crippen LogP contribution in [0.15, 0.2) is 29.3 Å². The largest absolute Gasteiger partial charge is 0.301 e. The highest BCUT2D eigenvalue weighted by atomic mass is 32.2. The SMILES string of the molecule is CCC(Sc1nc2c(cc1C#N)CC(C(C)(C)C)CC2)C(=O)Nc1nc2ccc(C)cc2s1. The molecule has 1 aromatic carbocycles. The van der Waals surface area contributed by atoms with Gasteiger partial charge in [-0.3, -0.25) is 4.79 Å². The standard InChI is InChI=1S/C26H30N4OS2/c1-6-21(23(31)30-25-29-20-9-7-15(2)11-22(20)33-25)32-24-17(14-27)12-16-13-18(26(3,4)5)8-10-19(16)28-24/h7,9,11-12,18,21H,6,8,10,13H2,1-5H3,(H,29,30,31). The number of amides is 1. The van der Waals surface area contributed by atoms with Crippen LogP contribution in [0.1, 0.15) is 62.9 Å². The normalized spacial score (nSPS) is 16.8. The van der Waals surface area contributed by atoms with E-state index in [0.29, 0.717) is 28.1 Å². The van der Waals surface area contributed by atoms with Gasteiger partial charge < -0.3 is 5.32 Å². The number of benzene rings is 1. The molecule has 2 atom stereocenters. The molecule has 1 amide bonds. The van der Waals surface area contributed by atoms with Crippen molar-refractivity contribution in [2.45, 2.75) is 70.6 Å². The highest BCUT2D eigenvalue weighted by Gasteiger charge is 2.30. The number of hydrogen-bond acceptors (Lipinski definition) is 6. The molecule has 0 saturated carbocycles. The van der Waals surface area contributed by atoms with E-state index in [2.05, 4.69) is 43.2 Å². The minimum atomic E-state index is -0.345. The van der Waals surface area contributed by atoms with Gasteiger partial charge in [-0.2, -0.15) is 5.26 Å². The van der Waals surface area contributed by atoms with Crippen molar-refractivity contribution < 1.29 is 4.79 Å². The molecule has 7 heteroatoms. The second-order valence-electron chi connectivity index (χ2n) is 9.86. The average molecular weight is 479 g/mol. The Morgan fingerprint density at radius 3 is 2.82 bits per heavy atom. The van der Waals surface area contributed by atoms with Gasteiger partial charge in [-0.15, -0.1) is 0 Å². The number of hydrogen-bond donors (Lipinski definition) is 1. The Kier molecular flexibility index (Phi) is 6.78. The first-order valence-corrected chi connectivity index (χ1v) is 13.1. The van der Waals surface area contributed by atoms with E-state index >= 15 is 0 Å². The Labute approximate surface area is 204 Å². The van der Waals surface area contributed by atoms with Gasteiger partial charge in [-0.25, -0.2) is 9.97 Å². The van der Waals surface area contributed by atoms with Gasteiger partial charge in [-0.05, 0) is 73.3 Å². The van der Waals surface area contributed by atoms with E-state index in [4.69, 9.17) is 4.98 Å². The third-order valence-corrected chi connectivity index (χ3v) is 8.69. The van der Waals surface area contributed by atoms with Crippen LogP contribution in [-0.4, -0.2) is 21.1 Å². The topological polar surface area (TPSA) is 78.7 Å². The average Bonchev–Trinajstić information content (AvgIpc) is 3.16. The van der Waals surface area contributed by atoms with Crippen LogP contribution in [0.3, 0.4) is 0 Å². The summed E-state index contributed by atoms with van der Waals surface area (Å²) in [6.07, 6.45) is 3.62. The molecular formula is C26H30N4OS2. The summed E-state index contributed by atoms with van der Waals surface area (Å²) < 4.78 is 1.06. The molecule has 0 saturated heterocycles. The quantitative estimate of drug-likeness (QED) is 0.422. The predicted octanol–water partition coefficient (Wildman–Crippen LogP) is 6.53. The van der Waals surface area contributed by atoms with Gasteiger partial charge in [0.2, 0.25) is 5.91 Å². The summed E-state index contributed by atoms with van der Waals surface area (Å²) in [5.41, 5.74) is 5.12. The smallest absolute Gasteiger partial charge is 0.239 e. The number of nitrogens with one attached hydrogen (secondary N) is 1. The number of fused-ring (bicyclic) bond motifs is 2. The van der Waals surface area contributed by atoms with Gasteiger partial charge in [0.05, 0.1) is 21.0 Å². The molecule has 0 radical (unpaired) electrons. The lowest BCUT2D eigenvalue weighted by molar-refractivity contribution is -0.115. The number of pyridine rings is 1. The fourth-order valence-electron chi connectivity index (χ4n) is 4.28. The Bertz CT molecular complexity index is 1240. The lowest BCUT2D eigenvalue weighted by Crippen LogP contribution is -2.28. The van der Waals surface area contributed by atoms with Gasteiger partial charge in [0.1, 0.15) is 11.1 Å². The maximum absolute atomic E-state index is 13.1. The minimum absolute atomic E-state index is 0.102. The first-order chi connectivity index (χ1) is 15.7. The lowest BCUT2D eigenvalue weighted by atomic mass is 9.71. The van der Waals surface area contributed by atoms with Crippen LogP contribution in [0, 0.1) is 29.6 Å². The summed E-state index contributed by atoms with van der Waals surface area (Å²) in [5.74, 6) is 0.484. The molecule has 172 valence electrons. The molecule has 0 bridgehead atoms. The monoisotopic (exact) mass is 478 g/mol. The number of carbonyl (C=O) groups is 1. The van der Waals surface area contributed by atoms with Gasteiger partial charge in [0, 0.05) is 5.69 Å². The second-order valence-corrected chi connectivity index (χ2v) is 12.1. The molecule has 0 spiro atoms. The maximum atomic E-state index is 13.1. The lowest BCUT2D eigenvalue weighted by Gasteiger charge is -2.34. The maximum Gasteiger partial charge on any atom is 0.239 e. The molecular weight excluding hydrogens is 448 g/mol. The third kappa shape index (κ3) is 5.23. The van der Waals surface area contributed by atoms with Crippen LogP contribution in [0.4, 0.5) is 5.13 Å². The molecule has 2 unspecified atom stereocenters. The molecule has 4 rings (SSSR count). The Morgan fingerprint density at radius 2 is 2.12 bits per heavy atom. The number of rotatable bonds is 5. The second kappa shape index (κ2) is 9.44. The highest BCUT2D eigenvalue weighted by Crippen LogP contribution is 2.39. The zero-order chi connectivity index (χ0) is 23.8. The van der Waals surface area contributed by atoms with Crippen LogP contribution in [0.25, 0.3) is 10.2 Å². The van der Waals surface area contributed by atoms with Gasteiger partial charge in [0.25, 0.3) is 0 Å². The molecule has 0 fully saturated rings. The van der Waals surface area contributed by atoms with Crippen molar-refractivity contribution in [1.29, 1.82) is 5.26 Å². The van der Waals surface area contributed by atoms with Crippen molar-refractivity contribution in [3.8, 4) is 6.07 Å². The number of carbonyl (C=O) groups excluding carboxylic acids is 1. The number of aryl methyl sites for hydroxylation is 2. The van der Waals surface area contributed by atoms with Crippen molar-refractivity contribution in [1.82, 2.24) is 9.97 Å². The molecule has 1 N–H and O–H groups in total. The Balaban J connectivity index is 1.52.